The van der Waals surface area contributed by atoms with Gasteiger partial charge in [0.05, 0.1) is 19.9 Å². The minimum atomic E-state index is 0.0894. The number of piperidine rings is 1. The summed E-state index contributed by atoms with van der Waals surface area (Å²) < 4.78 is 19.5. The Hall–Kier alpha value is -3.59. The smallest absolute Gasteiger partial charge is 0.253 e. The summed E-state index contributed by atoms with van der Waals surface area (Å²) in [5, 5.41) is 8.50. The molecule has 37 heavy (non-hydrogen) atoms. The zero-order valence-corrected chi connectivity index (χ0v) is 21.6. The molecule has 1 unspecified atom stereocenters. The number of aryl methyl sites for hydroxylation is 1. The molecule has 6 rings (SSSR count). The van der Waals surface area contributed by atoms with Crippen LogP contribution in [0.25, 0.3) is 0 Å². The van der Waals surface area contributed by atoms with Gasteiger partial charge in [-0.3, -0.25) is 9.48 Å². The molecular weight excluding hydrogens is 470 g/mol. The van der Waals surface area contributed by atoms with Crippen LogP contribution in [0.2, 0.25) is 0 Å². The molecule has 4 heterocycles. The lowest BCUT2D eigenvalue weighted by molar-refractivity contribution is 0.0646. The van der Waals surface area contributed by atoms with Gasteiger partial charge < -0.3 is 24.0 Å². The topological polar surface area (TPSA) is 81.9 Å². The SMILES string of the molecule is COc1cccc2c1OCc1cn(nn1)CCCOc1ccc(cc1)C(=O)N1CCCC(CN(C)C2)C1. The number of hydrogen-bond donors (Lipinski definition) is 0. The maximum atomic E-state index is 13.2. The molecule has 1 amide bonds. The number of amides is 1. The van der Waals surface area contributed by atoms with Gasteiger partial charge in [0.2, 0.25) is 0 Å². The van der Waals surface area contributed by atoms with Crippen molar-refractivity contribution in [3.8, 4) is 17.2 Å². The molecule has 9 heteroatoms. The fourth-order valence-electron chi connectivity index (χ4n) is 5.16. The molecule has 3 aromatic rings. The Morgan fingerprint density at radius 1 is 1.03 bits per heavy atom. The van der Waals surface area contributed by atoms with E-state index in [1.54, 1.807) is 11.8 Å². The molecule has 2 aromatic carbocycles. The lowest BCUT2D eigenvalue weighted by Gasteiger charge is -2.35. The highest BCUT2D eigenvalue weighted by molar-refractivity contribution is 5.94. The molecule has 0 spiro atoms. The lowest BCUT2D eigenvalue weighted by Crippen LogP contribution is -2.43. The van der Waals surface area contributed by atoms with Crippen LogP contribution in [0.3, 0.4) is 0 Å². The Morgan fingerprint density at radius 2 is 1.89 bits per heavy atom. The first-order valence-electron chi connectivity index (χ1n) is 13.0. The van der Waals surface area contributed by atoms with E-state index in [1.165, 1.54) is 0 Å². The standard InChI is InChI=1S/C28H35N5O4/c1-31-16-21-6-4-13-32(17-21)28(34)22-9-11-25(12-10-22)36-15-5-14-33-19-24(29-30-33)20-37-27-23(18-31)7-3-8-26(27)35-2/h3,7-12,19,21H,4-6,13-18,20H2,1-2H3. The Balaban J connectivity index is 1.37. The number of nitrogens with zero attached hydrogens (tertiary/aromatic N) is 5. The van der Waals surface area contributed by atoms with Crippen LogP contribution < -0.4 is 14.2 Å². The van der Waals surface area contributed by atoms with Crippen molar-refractivity contribution in [2.75, 3.05) is 40.4 Å². The number of carbonyl (C=O) groups excluding carboxylic acids is 1. The van der Waals surface area contributed by atoms with Crippen molar-refractivity contribution in [3.05, 3.63) is 65.5 Å². The quantitative estimate of drug-likeness (QED) is 0.500. The second-order valence-electron chi connectivity index (χ2n) is 9.89. The van der Waals surface area contributed by atoms with Crippen LogP contribution in [0.4, 0.5) is 0 Å². The van der Waals surface area contributed by atoms with Crippen molar-refractivity contribution < 1.29 is 19.0 Å². The van der Waals surface area contributed by atoms with Gasteiger partial charge in [-0.2, -0.15) is 0 Å². The molecular formula is C28H35N5O4. The van der Waals surface area contributed by atoms with Crippen molar-refractivity contribution in [1.29, 1.82) is 0 Å². The summed E-state index contributed by atoms with van der Waals surface area (Å²) in [6.07, 6.45) is 4.81. The monoisotopic (exact) mass is 505 g/mol. The highest BCUT2D eigenvalue weighted by Crippen LogP contribution is 2.33. The summed E-state index contributed by atoms with van der Waals surface area (Å²) in [7, 11) is 3.77. The van der Waals surface area contributed by atoms with E-state index in [0.29, 0.717) is 43.5 Å². The summed E-state index contributed by atoms with van der Waals surface area (Å²) in [5.74, 6) is 2.69. The van der Waals surface area contributed by atoms with Gasteiger partial charge in [-0.1, -0.05) is 17.3 Å². The Morgan fingerprint density at radius 3 is 2.73 bits per heavy atom. The predicted octanol–water partition coefficient (Wildman–Crippen LogP) is 3.63. The summed E-state index contributed by atoms with van der Waals surface area (Å²) in [6.45, 7) is 4.70. The molecule has 3 aliphatic heterocycles. The molecule has 0 radical (unpaired) electrons. The normalized spacial score (nSPS) is 19.7. The molecule has 1 fully saturated rings. The van der Waals surface area contributed by atoms with Crippen LogP contribution in [0.15, 0.2) is 48.7 Å². The molecule has 1 aromatic heterocycles. The average Bonchev–Trinajstić information content (AvgIpc) is 3.37. The van der Waals surface area contributed by atoms with Crippen LogP contribution in [0.1, 0.15) is 40.9 Å². The van der Waals surface area contributed by atoms with Crippen LogP contribution in [0.5, 0.6) is 17.2 Å². The molecule has 9 nitrogen and oxygen atoms in total. The van der Waals surface area contributed by atoms with Crippen molar-refractivity contribution in [1.82, 2.24) is 24.8 Å². The molecule has 196 valence electrons. The van der Waals surface area contributed by atoms with Gasteiger partial charge in [-0.15, -0.1) is 5.10 Å². The lowest BCUT2D eigenvalue weighted by atomic mass is 9.96. The average molecular weight is 506 g/mol. The van der Waals surface area contributed by atoms with Crippen molar-refractivity contribution in [2.45, 2.75) is 39.0 Å². The Bertz CT molecular complexity index is 1200. The second-order valence-corrected chi connectivity index (χ2v) is 9.89. The van der Waals surface area contributed by atoms with E-state index in [1.807, 2.05) is 47.5 Å². The first-order chi connectivity index (χ1) is 18.1. The van der Waals surface area contributed by atoms with E-state index in [-0.39, 0.29) is 5.91 Å². The van der Waals surface area contributed by atoms with Crippen LogP contribution >= 0.6 is 0 Å². The number of ether oxygens (including phenoxy) is 3. The Kier molecular flexibility index (Phi) is 7.89. The first-order valence-corrected chi connectivity index (χ1v) is 13.0. The van der Waals surface area contributed by atoms with Gasteiger partial charge in [-0.25, -0.2) is 0 Å². The number of aromatic nitrogens is 3. The fourth-order valence-corrected chi connectivity index (χ4v) is 5.16. The highest BCUT2D eigenvalue weighted by atomic mass is 16.5. The number of methoxy groups -OCH3 is 1. The summed E-state index contributed by atoms with van der Waals surface area (Å²) >= 11 is 0. The second kappa shape index (κ2) is 11.6. The number of rotatable bonds is 1. The number of para-hydroxylation sites is 1. The van der Waals surface area contributed by atoms with Gasteiger partial charge in [0.15, 0.2) is 11.5 Å². The fraction of sp³-hybridized carbons (Fsp3) is 0.464. The van der Waals surface area contributed by atoms with Crippen LogP contribution in [-0.4, -0.2) is 71.1 Å². The first kappa shape index (κ1) is 25.1. The third kappa shape index (κ3) is 6.22. The van der Waals surface area contributed by atoms with Crippen LogP contribution in [-0.2, 0) is 19.7 Å². The summed E-state index contributed by atoms with van der Waals surface area (Å²) in [6, 6.07) is 13.5. The van der Waals surface area contributed by atoms with Crippen molar-refractivity contribution >= 4 is 5.91 Å². The van der Waals surface area contributed by atoms with Gasteiger partial charge in [0.1, 0.15) is 18.1 Å². The van der Waals surface area contributed by atoms with E-state index in [4.69, 9.17) is 14.2 Å². The minimum absolute atomic E-state index is 0.0894. The van der Waals surface area contributed by atoms with Gasteiger partial charge in [0.25, 0.3) is 5.91 Å². The number of carbonyl (C=O) groups is 1. The molecule has 0 saturated carbocycles. The van der Waals surface area contributed by atoms with E-state index in [9.17, 15) is 4.79 Å². The van der Waals surface area contributed by atoms with Crippen molar-refractivity contribution in [2.24, 2.45) is 5.92 Å². The van der Waals surface area contributed by atoms with E-state index in [0.717, 1.165) is 61.7 Å². The number of benzene rings is 2. The molecule has 1 atom stereocenters. The number of hydrogen-bond acceptors (Lipinski definition) is 7. The zero-order valence-electron chi connectivity index (χ0n) is 21.6. The maximum absolute atomic E-state index is 13.2. The molecule has 3 aliphatic rings. The number of fused-ring (bicyclic) bond motifs is 8. The van der Waals surface area contributed by atoms with Gasteiger partial charge >= 0.3 is 0 Å². The van der Waals surface area contributed by atoms with Gasteiger partial charge in [-0.05, 0) is 56.1 Å². The third-order valence-electron chi connectivity index (χ3n) is 6.95. The predicted molar refractivity (Wildman–Crippen MR) is 139 cm³/mol. The largest absolute Gasteiger partial charge is 0.494 e. The summed E-state index contributed by atoms with van der Waals surface area (Å²) in [5.41, 5.74) is 2.52. The van der Waals surface area contributed by atoms with E-state index < -0.39 is 0 Å². The van der Waals surface area contributed by atoms with E-state index in [2.05, 4.69) is 28.3 Å². The minimum Gasteiger partial charge on any atom is -0.494 e. The van der Waals surface area contributed by atoms with Crippen molar-refractivity contribution in [3.63, 3.8) is 0 Å². The molecule has 6 bridgehead atoms. The molecule has 1 saturated heterocycles. The highest BCUT2D eigenvalue weighted by Gasteiger charge is 2.26. The van der Waals surface area contributed by atoms with Crippen LogP contribution in [0, 0.1) is 5.92 Å². The van der Waals surface area contributed by atoms with Gasteiger partial charge in [0, 0.05) is 50.3 Å². The third-order valence-corrected chi connectivity index (χ3v) is 6.95. The zero-order chi connectivity index (χ0) is 25.6. The molecule has 0 N–H and O–H groups in total. The maximum Gasteiger partial charge on any atom is 0.253 e. The summed E-state index contributed by atoms with van der Waals surface area (Å²) in [4.78, 5) is 17.5. The molecule has 0 aliphatic carbocycles. The van der Waals surface area contributed by atoms with E-state index >= 15 is 0 Å². The Labute approximate surface area is 217 Å².